The van der Waals surface area contributed by atoms with Crippen LogP contribution in [0.5, 0.6) is 0 Å². The van der Waals surface area contributed by atoms with Gasteiger partial charge in [-0.15, -0.1) is 0 Å². The van der Waals surface area contributed by atoms with Gasteiger partial charge in [-0.05, 0) is 0 Å². The Morgan fingerprint density at radius 3 is 1.38 bits per heavy atom. The van der Waals surface area contributed by atoms with Gasteiger partial charge in [0.25, 0.3) is 0 Å². The molecule has 2 amide bonds. The number of carbonyl (C=O) groups is 2. The van der Waals surface area contributed by atoms with Gasteiger partial charge in [-0.3, -0.25) is 0 Å². The average molecular weight is 784 g/mol. The third-order valence-electron chi connectivity index (χ3n) is 11.3. The van der Waals surface area contributed by atoms with E-state index in [0.29, 0.717) is 12.8 Å². The molecule has 0 aliphatic heterocycles. The van der Waals surface area contributed by atoms with Crippen LogP contribution in [0.4, 0.5) is 0 Å². The van der Waals surface area contributed by atoms with Crippen LogP contribution < -0.4 is 10.5 Å². The number of allylic oxidation sites excluding steroid dienone is 2. The maximum atomic E-state index is 12.5. The van der Waals surface area contributed by atoms with Crippen LogP contribution in [0.3, 0.4) is 0 Å². The molecule has 50 heavy (non-hydrogen) atoms. The molecule has 6 rings (SSSR count). The van der Waals surface area contributed by atoms with Gasteiger partial charge in [0.15, 0.2) is 0 Å². The van der Waals surface area contributed by atoms with Gasteiger partial charge >= 0.3 is 308 Å². The van der Waals surface area contributed by atoms with E-state index in [1.807, 2.05) is 0 Å². The van der Waals surface area contributed by atoms with E-state index < -0.39 is 20.7 Å². The van der Waals surface area contributed by atoms with E-state index >= 15 is 0 Å². The number of nitrogens with one attached hydrogen (secondary N) is 2. The molecule has 2 aliphatic carbocycles. The molecule has 4 aromatic carbocycles. The Hall–Kier alpha value is -3.17. The molecular weight excluding hydrogens is 737 g/mol. The molecule has 0 fully saturated rings. The van der Waals surface area contributed by atoms with E-state index in [-0.39, 0.29) is 7.25 Å². The molecule has 0 radical (unpaired) electrons. The van der Waals surface area contributed by atoms with Crippen molar-refractivity contribution in [2.75, 3.05) is 0 Å². The van der Waals surface area contributed by atoms with Gasteiger partial charge in [0.05, 0.1) is 0 Å². The molecule has 2 unspecified atom stereocenters. The first-order valence-electron chi connectivity index (χ1n) is 17.8. The molecule has 0 heterocycles. The third-order valence-corrected chi connectivity index (χ3v) is 31.3. The van der Waals surface area contributed by atoms with Crippen LogP contribution in [-0.2, 0) is 25.8 Å². The second-order valence-electron chi connectivity index (χ2n) is 14.1. The van der Waals surface area contributed by atoms with Gasteiger partial charge in [-0.2, -0.15) is 0 Å². The van der Waals surface area contributed by atoms with E-state index in [2.05, 4.69) is 137 Å². The summed E-state index contributed by atoms with van der Waals surface area (Å²) in [5.74, 6) is 0. The summed E-state index contributed by atoms with van der Waals surface area (Å²) in [4.78, 5) is 24.9. The fraction of sp³-hybridized carbons (Fsp3) is 0.286. The van der Waals surface area contributed by atoms with Gasteiger partial charge < -0.3 is 0 Å². The summed E-state index contributed by atoms with van der Waals surface area (Å²) in [7, 11) is 17.2. The number of hydrogen-bond donors (Lipinski definition) is 2. The van der Waals surface area contributed by atoms with E-state index in [4.69, 9.17) is 17.0 Å². The molecule has 257 valence electrons. The van der Waals surface area contributed by atoms with Crippen LogP contribution in [0.25, 0.3) is 34.4 Å². The molecule has 0 saturated heterocycles. The van der Waals surface area contributed by atoms with Crippen LogP contribution in [-0.4, -0.2) is 17.3 Å². The normalized spacial score (nSPS) is 17.2. The Bertz CT molecular complexity index is 1910. The molecule has 8 heteroatoms. The summed E-state index contributed by atoms with van der Waals surface area (Å²) in [6.07, 6.45) is 9.27. The van der Waals surface area contributed by atoms with Crippen molar-refractivity contribution in [2.45, 2.75) is 74.5 Å². The zero-order valence-corrected chi connectivity index (χ0v) is 33.8. The Balaban J connectivity index is 1.68. The molecule has 2 atom stereocenters. The zero-order chi connectivity index (χ0) is 35.8. The first-order valence-corrected chi connectivity index (χ1v) is 28.4. The van der Waals surface area contributed by atoms with Gasteiger partial charge in [0, 0.05) is 0 Å². The molecule has 0 saturated carbocycles. The minimum atomic E-state index is -5.82. The first kappa shape index (κ1) is 36.6. The van der Waals surface area contributed by atoms with E-state index in [1.54, 1.807) is 0 Å². The molecular formula is C42H46BCl2N2O2Zr. The monoisotopic (exact) mass is 781 g/mol. The summed E-state index contributed by atoms with van der Waals surface area (Å²) in [5.41, 5.74) is 16.3. The van der Waals surface area contributed by atoms with Crippen LogP contribution in [0.1, 0.15) is 91.3 Å². The van der Waals surface area contributed by atoms with Crippen molar-refractivity contribution in [3.63, 3.8) is 0 Å². The standard InChI is InChI=1S/2C20H21.C2H3BN2O2.2ClH.Zr/c2*1-4-7-16-12-17-9-6-11-19(20(17)13-16)18-10-5-8-14(2)15(18)3;6-1-4-3-5-2-7;;;/h2*5-6,8-13H,4,7H2,1-3H3;1-2H,(H-,4,5,6,7);2*1H;/q;;;;;+1/p-1. The number of amides is 2. The number of carbonyl (C=O) groups excluding carboxylic acids is 2. The SMILES string of the molecule is CCCC1=Cc2c(-c3cccc(C)c3C)cccc2[CH]1[Zr]([Cl])([Cl])([B](NC=O)NC=O)[CH]1C(CCC)=Cc2c(-c3cccc(C)c3C)cccc21. The van der Waals surface area contributed by atoms with Crippen molar-refractivity contribution >= 4 is 46.5 Å². The summed E-state index contributed by atoms with van der Waals surface area (Å²) < 4.78 is -1.67. The van der Waals surface area contributed by atoms with Crippen molar-refractivity contribution < 1.29 is 25.8 Å². The third kappa shape index (κ3) is 5.90. The molecule has 4 aromatic rings. The molecule has 2 N–H and O–H groups in total. The summed E-state index contributed by atoms with van der Waals surface area (Å²) in [6.45, 7) is 13.0. The van der Waals surface area contributed by atoms with Crippen LogP contribution >= 0.6 is 17.0 Å². The molecule has 2 aliphatic rings. The second kappa shape index (κ2) is 14.5. The minimum absolute atomic E-state index is 0.370. The summed E-state index contributed by atoms with van der Waals surface area (Å²) in [6, 6.07) is 25.8. The Morgan fingerprint density at radius 2 is 1.00 bits per heavy atom. The van der Waals surface area contributed by atoms with E-state index in [9.17, 15) is 9.59 Å². The van der Waals surface area contributed by atoms with Crippen LogP contribution in [0.15, 0.2) is 83.9 Å². The topological polar surface area (TPSA) is 58.2 Å². The number of halogens is 2. The van der Waals surface area contributed by atoms with Crippen molar-refractivity contribution in [1.82, 2.24) is 10.5 Å². The first-order chi connectivity index (χ1) is 24.0. The quantitative estimate of drug-likeness (QED) is 0.105. The number of benzene rings is 4. The predicted octanol–water partition coefficient (Wildman–Crippen LogP) is 10.9. The number of hydrogen-bond acceptors (Lipinski definition) is 2. The van der Waals surface area contributed by atoms with Gasteiger partial charge in [0.1, 0.15) is 0 Å². The Morgan fingerprint density at radius 1 is 0.620 bits per heavy atom. The number of aryl methyl sites for hydroxylation is 2. The van der Waals surface area contributed by atoms with Gasteiger partial charge in [0.2, 0.25) is 0 Å². The van der Waals surface area contributed by atoms with Crippen LogP contribution in [0.2, 0.25) is 0 Å². The predicted molar refractivity (Wildman–Crippen MR) is 210 cm³/mol. The fourth-order valence-corrected chi connectivity index (χ4v) is 29.5. The summed E-state index contributed by atoms with van der Waals surface area (Å²) >= 11 is -5.82. The van der Waals surface area contributed by atoms with Crippen molar-refractivity contribution in [1.29, 1.82) is 0 Å². The van der Waals surface area contributed by atoms with E-state index in [0.717, 1.165) is 70.2 Å². The van der Waals surface area contributed by atoms with Crippen molar-refractivity contribution in [2.24, 2.45) is 0 Å². The van der Waals surface area contributed by atoms with Gasteiger partial charge in [-0.25, -0.2) is 0 Å². The maximum absolute atomic E-state index is 12.5. The molecule has 0 spiro atoms. The molecule has 4 nitrogen and oxygen atoms in total. The zero-order valence-electron chi connectivity index (χ0n) is 29.9. The molecule has 0 aromatic heterocycles. The second-order valence-corrected chi connectivity index (χ2v) is 35.6. The molecule has 0 bridgehead atoms. The Kier molecular flexibility index (Phi) is 10.6. The Labute approximate surface area is 305 Å². The van der Waals surface area contributed by atoms with E-state index in [1.165, 1.54) is 33.4 Å². The van der Waals surface area contributed by atoms with Crippen LogP contribution in [0, 0.1) is 27.7 Å². The van der Waals surface area contributed by atoms with Crippen molar-refractivity contribution in [3.8, 4) is 22.3 Å². The summed E-state index contributed by atoms with van der Waals surface area (Å²) in [5, 5.41) is 5.97. The number of fused-ring (bicyclic) bond motifs is 2. The fourth-order valence-electron chi connectivity index (χ4n) is 8.80. The van der Waals surface area contributed by atoms with Gasteiger partial charge in [-0.1, -0.05) is 0 Å². The van der Waals surface area contributed by atoms with Crippen molar-refractivity contribution in [3.05, 3.63) is 128 Å². The number of rotatable bonds is 13. The average Bonchev–Trinajstić information content (AvgIpc) is 3.67.